The number of nitro groups is 1. The maximum absolute atomic E-state index is 13.1. The lowest BCUT2D eigenvalue weighted by molar-refractivity contribution is -0.384. The number of oxime groups is 1. The van der Waals surface area contributed by atoms with E-state index < -0.39 is 58.0 Å². The number of non-ortho nitro benzene ring substituents is 1. The highest BCUT2D eigenvalue weighted by Crippen LogP contribution is 2.20. The summed E-state index contributed by atoms with van der Waals surface area (Å²) >= 11 is 6.42. The zero-order valence-corrected chi connectivity index (χ0v) is 23.2. The summed E-state index contributed by atoms with van der Waals surface area (Å²) in [6.45, 7) is 2.39. The molecule has 218 valence electrons. The molecule has 0 radical (unpaired) electrons. The Hall–Kier alpha value is -4.64. The van der Waals surface area contributed by atoms with Gasteiger partial charge in [0.2, 0.25) is 17.4 Å². The average Bonchev–Trinajstić information content (AvgIpc) is 3.40. The number of rotatable bonds is 12. The molecule has 0 saturated carbocycles. The normalized spacial score (nSPS) is 16.5. The monoisotopic (exact) mass is 610 g/mol. The SMILES string of the molecule is COC(=O)[C@@H]1NC(=O)[C@H]1NC(=O)C(=NOC(C)(C)C(=O)OCc1ccc([N+](=O)[O-])cc1)c1csc(NC(=O)CCl)n1. The Morgan fingerprint density at radius 3 is 2.51 bits per heavy atom. The number of thiazole rings is 1. The maximum atomic E-state index is 13.1. The molecular weight excluding hydrogens is 588 g/mol. The van der Waals surface area contributed by atoms with E-state index in [9.17, 15) is 34.1 Å². The van der Waals surface area contributed by atoms with Gasteiger partial charge in [-0.25, -0.2) is 14.6 Å². The molecule has 2 atom stereocenters. The number of nitrogens with zero attached hydrogens (tertiary/aromatic N) is 3. The number of carbonyl (C=O) groups excluding carboxylic acids is 5. The van der Waals surface area contributed by atoms with Crippen molar-refractivity contribution < 1.29 is 43.2 Å². The van der Waals surface area contributed by atoms with E-state index in [1.54, 1.807) is 0 Å². The summed E-state index contributed by atoms with van der Waals surface area (Å²) in [4.78, 5) is 81.0. The first-order valence-electron chi connectivity index (χ1n) is 11.5. The first-order valence-corrected chi connectivity index (χ1v) is 12.9. The number of anilines is 1. The van der Waals surface area contributed by atoms with Gasteiger partial charge < -0.3 is 30.3 Å². The lowest BCUT2D eigenvalue weighted by Crippen LogP contribution is -2.72. The van der Waals surface area contributed by atoms with E-state index in [1.165, 1.54) is 43.5 Å². The number of esters is 2. The standard InChI is InChI=1S/C23H23ClN6O10S/c1-23(2,21(35)39-9-11-4-6-12(7-5-11)30(36)37)40-29-15(13-10-41-22(25-13)26-14(31)8-24)18(32)27-16-17(20(34)38-3)28-19(16)33/h4-7,10,16-17H,8-9H2,1-3H3,(H,27,32)(H,28,33)(H,25,26,31)/t16-,17+/m0/s1. The van der Waals surface area contributed by atoms with Crippen molar-refractivity contribution in [2.24, 2.45) is 5.16 Å². The Bertz CT molecular complexity index is 1390. The Kier molecular flexibility index (Phi) is 9.90. The zero-order valence-electron chi connectivity index (χ0n) is 21.7. The molecule has 1 fully saturated rings. The fourth-order valence-corrected chi connectivity index (χ4v) is 3.87. The van der Waals surface area contributed by atoms with Gasteiger partial charge in [0.25, 0.3) is 11.6 Å². The van der Waals surface area contributed by atoms with Gasteiger partial charge in [0.15, 0.2) is 16.9 Å². The molecule has 3 amide bonds. The third kappa shape index (κ3) is 7.73. The predicted octanol–water partition coefficient (Wildman–Crippen LogP) is 0.628. The Balaban J connectivity index is 1.78. The second kappa shape index (κ2) is 13.1. The summed E-state index contributed by atoms with van der Waals surface area (Å²) < 4.78 is 9.83. The molecule has 2 heterocycles. The molecule has 2 aromatic rings. The van der Waals surface area contributed by atoms with E-state index in [0.29, 0.717) is 5.56 Å². The van der Waals surface area contributed by atoms with Crippen molar-refractivity contribution in [2.75, 3.05) is 18.3 Å². The van der Waals surface area contributed by atoms with Gasteiger partial charge in [0.1, 0.15) is 24.2 Å². The van der Waals surface area contributed by atoms with Gasteiger partial charge in [-0.1, -0.05) is 5.16 Å². The number of hydrogen-bond acceptors (Lipinski definition) is 13. The molecule has 0 aliphatic carbocycles. The van der Waals surface area contributed by atoms with Gasteiger partial charge >= 0.3 is 11.9 Å². The van der Waals surface area contributed by atoms with Crippen molar-refractivity contribution in [1.82, 2.24) is 15.6 Å². The minimum absolute atomic E-state index is 0.0711. The maximum Gasteiger partial charge on any atom is 0.353 e. The van der Waals surface area contributed by atoms with Gasteiger partial charge in [-0.2, -0.15) is 0 Å². The molecular formula is C23H23ClN6O10S. The van der Waals surface area contributed by atoms with Crippen molar-refractivity contribution in [3.63, 3.8) is 0 Å². The van der Waals surface area contributed by atoms with Crippen molar-refractivity contribution in [2.45, 2.75) is 38.1 Å². The summed E-state index contributed by atoms with van der Waals surface area (Å²) in [5, 5.41) is 23.1. The van der Waals surface area contributed by atoms with Crippen LogP contribution in [0.15, 0.2) is 34.8 Å². The van der Waals surface area contributed by atoms with E-state index in [4.69, 9.17) is 21.2 Å². The predicted molar refractivity (Wildman–Crippen MR) is 142 cm³/mol. The number of ether oxygens (including phenoxy) is 2. The number of methoxy groups -OCH3 is 1. The van der Waals surface area contributed by atoms with Crippen LogP contribution in [0.4, 0.5) is 10.8 Å². The fraction of sp³-hybridized carbons (Fsp3) is 0.348. The second-order valence-electron chi connectivity index (χ2n) is 8.72. The van der Waals surface area contributed by atoms with Crippen molar-refractivity contribution in [3.8, 4) is 0 Å². The van der Waals surface area contributed by atoms with Crippen LogP contribution in [0.3, 0.4) is 0 Å². The van der Waals surface area contributed by atoms with E-state index >= 15 is 0 Å². The molecule has 0 bridgehead atoms. The molecule has 3 rings (SSSR count). The number of aromatic nitrogens is 1. The third-order valence-corrected chi connectivity index (χ3v) is 6.36. The Morgan fingerprint density at radius 1 is 1.24 bits per heavy atom. The molecule has 41 heavy (non-hydrogen) atoms. The average molecular weight is 611 g/mol. The van der Waals surface area contributed by atoms with Crippen LogP contribution in [0.1, 0.15) is 25.1 Å². The lowest BCUT2D eigenvalue weighted by Gasteiger charge is -2.34. The first kappa shape index (κ1) is 30.9. The molecule has 0 unspecified atom stereocenters. The molecule has 1 aromatic carbocycles. The van der Waals surface area contributed by atoms with Gasteiger partial charge in [0, 0.05) is 17.5 Å². The molecule has 18 heteroatoms. The zero-order chi connectivity index (χ0) is 30.3. The molecule has 16 nitrogen and oxygen atoms in total. The molecule has 1 saturated heterocycles. The van der Waals surface area contributed by atoms with Crippen molar-refractivity contribution >= 4 is 69.1 Å². The second-order valence-corrected chi connectivity index (χ2v) is 9.85. The number of amides is 3. The van der Waals surface area contributed by atoms with Crippen LogP contribution in [0.2, 0.25) is 0 Å². The fourth-order valence-electron chi connectivity index (χ4n) is 3.09. The van der Waals surface area contributed by atoms with Crippen LogP contribution >= 0.6 is 22.9 Å². The first-order chi connectivity index (χ1) is 19.4. The third-order valence-electron chi connectivity index (χ3n) is 5.36. The van der Waals surface area contributed by atoms with E-state index in [-0.39, 0.29) is 29.0 Å². The molecule has 0 spiro atoms. The van der Waals surface area contributed by atoms with Gasteiger partial charge in [-0.15, -0.1) is 22.9 Å². The van der Waals surface area contributed by atoms with Gasteiger partial charge in [-0.3, -0.25) is 24.5 Å². The van der Waals surface area contributed by atoms with Crippen molar-refractivity contribution in [3.05, 3.63) is 51.0 Å². The van der Waals surface area contributed by atoms with Gasteiger partial charge in [0.05, 0.1) is 12.0 Å². The minimum Gasteiger partial charge on any atom is -0.467 e. The highest BCUT2D eigenvalue weighted by Gasteiger charge is 2.46. The topological polar surface area (TPSA) is 218 Å². The summed E-state index contributed by atoms with van der Waals surface area (Å²) in [7, 11) is 1.11. The number of nitro benzene ring substituents is 1. The van der Waals surface area contributed by atoms with Crippen LogP contribution in [-0.4, -0.2) is 76.0 Å². The van der Waals surface area contributed by atoms with Crippen molar-refractivity contribution in [1.29, 1.82) is 0 Å². The summed E-state index contributed by atoms with van der Waals surface area (Å²) in [5.41, 5.74) is -2.00. The van der Waals surface area contributed by atoms with Gasteiger partial charge in [-0.05, 0) is 31.5 Å². The Morgan fingerprint density at radius 2 is 1.93 bits per heavy atom. The number of alkyl halides is 1. The highest BCUT2D eigenvalue weighted by atomic mass is 35.5. The number of hydrogen-bond donors (Lipinski definition) is 3. The number of carbonyl (C=O) groups is 5. The number of β-lactam (4-membered cyclic amide) rings is 1. The largest absolute Gasteiger partial charge is 0.467 e. The molecule has 3 N–H and O–H groups in total. The van der Waals surface area contributed by atoms with Crippen LogP contribution in [0, 0.1) is 10.1 Å². The number of benzene rings is 1. The minimum atomic E-state index is -1.75. The van der Waals surface area contributed by atoms with E-state index in [1.807, 2.05) is 0 Å². The molecule has 1 aromatic heterocycles. The summed E-state index contributed by atoms with van der Waals surface area (Å²) in [6.07, 6.45) is 0. The smallest absolute Gasteiger partial charge is 0.353 e. The van der Waals surface area contributed by atoms with Crippen LogP contribution in [0.25, 0.3) is 0 Å². The molecule has 1 aliphatic rings. The summed E-state index contributed by atoms with van der Waals surface area (Å²) in [6, 6.07) is 2.92. The highest BCUT2D eigenvalue weighted by molar-refractivity contribution is 7.14. The van der Waals surface area contributed by atoms with E-state index in [0.717, 1.165) is 18.4 Å². The number of halogens is 1. The van der Waals surface area contributed by atoms with Crippen LogP contribution < -0.4 is 16.0 Å². The van der Waals surface area contributed by atoms with Crippen LogP contribution in [0.5, 0.6) is 0 Å². The van der Waals surface area contributed by atoms with Crippen LogP contribution in [-0.2, 0) is 44.9 Å². The summed E-state index contributed by atoms with van der Waals surface area (Å²) in [5.74, 6) is -4.23. The Labute approximate surface area is 240 Å². The quantitative estimate of drug-likeness (QED) is 0.0755. The lowest BCUT2D eigenvalue weighted by atomic mass is 9.99. The van der Waals surface area contributed by atoms with E-state index in [2.05, 4.69) is 30.8 Å². The number of nitrogens with one attached hydrogen (secondary N) is 3. The molecule has 1 aliphatic heterocycles.